The lowest BCUT2D eigenvalue weighted by Gasteiger charge is -1.98. The maximum absolute atomic E-state index is 5.01. The van der Waals surface area contributed by atoms with Crippen molar-refractivity contribution in [2.45, 2.75) is 31.8 Å². The molecular weight excluding hydrogens is 220 g/mol. The Morgan fingerprint density at radius 1 is 1.44 bits per heavy atom. The van der Waals surface area contributed by atoms with Gasteiger partial charge in [-0.15, -0.1) is 11.3 Å². The molecule has 0 aliphatic heterocycles. The number of hydrogen-bond donors (Lipinski definition) is 1. The fourth-order valence-corrected chi connectivity index (χ4v) is 2.70. The van der Waals surface area contributed by atoms with Gasteiger partial charge in [0, 0.05) is 35.6 Å². The summed E-state index contributed by atoms with van der Waals surface area (Å²) in [4.78, 5) is 5.78. The van der Waals surface area contributed by atoms with E-state index in [-0.39, 0.29) is 0 Å². The Labute approximate surface area is 98.5 Å². The molecule has 4 heteroatoms. The fraction of sp³-hybridized carbons (Fsp3) is 0.417. The highest BCUT2D eigenvalue weighted by molar-refractivity contribution is 7.11. The van der Waals surface area contributed by atoms with E-state index in [2.05, 4.69) is 10.3 Å². The maximum atomic E-state index is 5.01. The molecule has 2 aromatic heterocycles. The van der Waals surface area contributed by atoms with Crippen LogP contribution in [0.4, 0.5) is 0 Å². The van der Waals surface area contributed by atoms with Gasteiger partial charge in [0.2, 0.25) is 0 Å². The summed E-state index contributed by atoms with van der Waals surface area (Å²) >= 11 is 1.84. The third-order valence-electron chi connectivity index (χ3n) is 2.71. The second-order valence-corrected chi connectivity index (χ2v) is 5.32. The Balaban J connectivity index is 1.50. The summed E-state index contributed by atoms with van der Waals surface area (Å²) in [5.74, 6) is 0.771. The third kappa shape index (κ3) is 2.33. The lowest BCUT2D eigenvalue weighted by Crippen LogP contribution is -2.10. The van der Waals surface area contributed by atoms with Gasteiger partial charge in [0.1, 0.15) is 0 Å². The first-order valence-corrected chi connectivity index (χ1v) is 6.40. The van der Waals surface area contributed by atoms with E-state index in [1.165, 1.54) is 28.3 Å². The molecule has 3 nitrogen and oxygen atoms in total. The smallest absolute Gasteiger partial charge is 0.0959 e. The van der Waals surface area contributed by atoms with Crippen molar-refractivity contribution in [3.8, 4) is 0 Å². The number of nitrogens with one attached hydrogen (secondary N) is 1. The van der Waals surface area contributed by atoms with Gasteiger partial charge in [0.25, 0.3) is 0 Å². The molecule has 0 aromatic carbocycles. The van der Waals surface area contributed by atoms with Gasteiger partial charge in [-0.05, 0) is 18.9 Å². The van der Waals surface area contributed by atoms with E-state index in [0.29, 0.717) is 0 Å². The standard InChI is InChI=1S/C12H14N2OS/c1-2-10(1)12-14-7-11(16-12)6-13-5-9-3-4-15-8-9/h3-4,7-8,10,13H,1-2,5-6H2. The van der Waals surface area contributed by atoms with E-state index < -0.39 is 0 Å². The summed E-state index contributed by atoms with van der Waals surface area (Å²) in [6.45, 7) is 1.75. The van der Waals surface area contributed by atoms with Gasteiger partial charge in [-0.25, -0.2) is 4.98 Å². The zero-order valence-electron chi connectivity index (χ0n) is 8.98. The van der Waals surface area contributed by atoms with Gasteiger partial charge in [0.15, 0.2) is 0 Å². The van der Waals surface area contributed by atoms with Crippen LogP contribution in [0.15, 0.2) is 29.2 Å². The molecule has 1 fully saturated rings. The van der Waals surface area contributed by atoms with Crippen molar-refractivity contribution in [3.05, 3.63) is 40.2 Å². The predicted octanol–water partition coefficient (Wildman–Crippen LogP) is 2.90. The van der Waals surface area contributed by atoms with Crippen LogP contribution in [0.2, 0.25) is 0 Å². The number of nitrogens with zero attached hydrogens (tertiary/aromatic N) is 1. The monoisotopic (exact) mass is 234 g/mol. The summed E-state index contributed by atoms with van der Waals surface area (Å²) in [5.41, 5.74) is 1.19. The number of thiazole rings is 1. The van der Waals surface area contributed by atoms with Crippen molar-refractivity contribution in [1.82, 2.24) is 10.3 Å². The van der Waals surface area contributed by atoms with Gasteiger partial charge in [-0.3, -0.25) is 0 Å². The van der Waals surface area contributed by atoms with E-state index in [0.717, 1.165) is 19.0 Å². The van der Waals surface area contributed by atoms with Crippen LogP contribution >= 0.6 is 11.3 Å². The minimum absolute atomic E-state index is 0.771. The zero-order valence-corrected chi connectivity index (χ0v) is 9.80. The third-order valence-corrected chi connectivity index (χ3v) is 3.87. The first kappa shape index (κ1) is 10.1. The molecule has 0 bridgehead atoms. The summed E-state index contributed by atoms with van der Waals surface area (Å²) < 4.78 is 5.01. The summed E-state index contributed by atoms with van der Waals surface area (Å²) in [6.07, 6.45) is 8.13. The van der Waals surface area contributed by atoms with Crippen LogP contribution in [-0.2, 0) is 13.1 Å². The molecule has 1 N–H and O–H groups in total. The number of furan rings is 1. The van der Waals surface area contributed by atoms with Crippen molar-refractivity contribution < 1.29 is 4.42 Å². The zero-order chi connectivity index (χ0) is 10.8. The van der Waals surface area contributed by atoms with Gasteiger partial charge < -0.3 is 9.73 Å². The summed E-state index contributed by atoms with van der Waals surface area (Å²) in [7, 11) is 0. The first-order chi connectivity index (χ1) is 7.92. The number of hydrogen-bond acceptors (Lipinski definition) is 4. The minimum atomic E-state index is 0.771. The Kier molecular flexibility index (Phi) is 2.76. The second-order valence-electron chi connectivity index (χ2n) is 4.17. The summed E-state index contributed by atoms with van der Waals surface area (Å²) in [6, 6.07) is 1.98. The van der Waals surface area contributed by atoms with Crippen LogP contribution < -0.4 is 5.32 Å². The molecule has 0 saturated heterocycles. The van der Waals surface area contributed by atoms with E-state index in [1.807, 2.05) is 23.6 Å². The van der Waals surface area contributed by atoms with E-state index in [1.54, 1.807) is 12.5 Å². The predicted molar refractivity (Wildman–Crippen MR) is 63.3 cm³/mol. The van der Waals surface area contributed by atoms with Crippen LogP contribution in [0.3, 0.4) is 0 Å². The molecule has 1 saturated carbocycles. The Hall–Kier alpha value is -1.13. The second kappa shape index (κ2) is 4.39. The molecular formula is C12H14N2OS. The van der Waals surface area contributed by atoms with Crippen LogP contribution in [0.1, 0.15) is 34.2 Å². The topological polar surface area (TPSA) is 38.1 Å². The highest BCUT2D eigenvalue weighted by Crippen LogP contribution is 2.41. The molecule has 3 rings (SSSR count). The van der Waals surface area contributed by atoms with Gasteiger partial charge in [-0.2, -0.15) is 0 Å². The largest absolute Gasteiger partial charge is 0.472 e. The normalized spacial score (nSPS) is 15.5. The molecule has 0 spiro atoms. The van der Waals surface area contributed by atoms with E-state index in [9.17, 15) is 0 Å². The van der Waals surface area contributed by atoms with Gasteiger partial charge in [0.05, 0.1) is 17.5 Å². The van der Waals surface area contributed by atoms with Crippen molar-refractivity contribution >= 4 is 11.3 Å². The molecule has 2 aromatic rings. The van der Waals surface area contributed by atoms with Crippen molar-refractivity contribution in [1.29, 1.82) is 0 Å². The molecule has 84 valence electrons. The number of aromatic nitrogens is 1. The summed E-state index contributed by atoms with van der Waals surface area (Å²) in [5, 5.41) is 4.71. The average molecular weight is 234 g/mol. The van der Waals surface area contributed by atoms with Crippen molar-refractivity contribution in [2.24, 2.45) is 0 Å². The fourth-order valence-electron chi connectivity index (χ4n) is 1.65. The Bertz CT molecular complexity index is 445. The molecule has 16 heavy (non-hydrogen) atoms. The molecule has 2 heterocycles. The minimum Gasteiger partial charge on any atom is -0.472 e. The molecule has 0 amide bonds. The molecule has 0 unspecified atom stereocenters. The molecule has 1 aliphatic rings. The van der Waals surface area contributed by atoms with Crippen LogP contribution in [0.25, 0.3) is 0 Å². The van der Waals surface area contributed by atoms with Gasteiger partial charge >= 0.3 is 0 Å². The Morgan fingerprint density at radius 3 is 3.12 bits per heavy atom. The van der Waals surface area contributed by atoms with Crippen LogP contribution in [0.5, 0.6) is 0 Å². The highest BCUT2D eigenvalue weighted by atomic mass is 32.1. The quantitative estimate of drug-likeness (QED) is 0.864. The van der Waals surface area contributed by atoms with Crippen molar-refractivity contribution in [3.63, 3.8) is 0 Å². The number of rotatable bonds is 5. The van der Waals surface area contributed by atoms with E-state index in [4.69, 9.17) is 4.42 Å². The molecule has 0 atom stereocenters. The van der Waals surface area contributed by atoms with Gasteiger partial charge in [-0.1, -0.05) is 0 Å². The first-order valence-electron chi connectivity index (χ1n) is 5.58. The van der Waals surface area contributed by atoms with Crippen LogP contribution in [0, 0.1) is 0 Å². The maximum Gasteiger partial charge on any atom is 0.0959 e. The average Bonchev–Trinajstić information content (AvgIpc) is 2.83. The lowest BCUT2D eigenvalue weighted by molar-refractivity contribution is 0.560. The van der Waals surface area contributed by atoms with Crippen LogP contribution in [-0.4, -0.2) is 4.98 Å². The molecule has 0 radical (unpaired) electrons. The van der Waals surface area contributed by atoms with E-state index >= 15 is 0 Å². The highest BCUT2D eigenvalue weighted by Gasteiger charge is 2.26. The SMILES string of the molecule is c1cc(CNCc2cnc(C3CC3)s2)co1. The van der Waals surface area contributed by atoms with Crippen molar-refractivity contribution in [2.75, 3.05) is 0 Å². The molecule has 1 aliphatic carbocycles. The lowest BCUT2D eigenvalue weighted by atomic mass is 10.3. The Morgan fingerprint density at radius 2 is 2.38 bits per heavy atom.